The zero-order chi connectivity index (χ0) is 13.8. The maximum atomic E-state index is 11.5. The van der Waals surface area contributed by atoms with E-state index in [1.807, 2.05) is 11.6 Å². The number of nitrogens with one attached hydrogen (secondary N) is 1. The molecule has 0 fully saturated rings. The van der Waals surface area contributed by atoms with Crippen LogP contribution in [0, 0.1) is 0 Å². The van der Waals surface area contributed by atoms with Gasteiger partial charge in [-0.1, -0.05) is 13.0 Å². The van der Waals surface area contributed by atoms with Gasteiger partial charge in [-0.15, -0.1) is 0 Å². The van der Waals surface area contributed by atoms with Crippen LogP contribution in [0.2, 0.25) is 0 Å². The Labute approximate surface area is 113 Å². The summed E-state index contributed by atoms with van der Waals surface area (Å²) in [6, 6.07) is 8.51. The maximum Gasteiger partial charge on any atom is 0.325 e. The van der Waals surface area contributed by atoms with E-state index in [0.29, 0.717) is 0 Å². The van der Waals surface area contributed by atoms with Gasteiger partial charge in [0.05, 0.1) is 7.11 Å². The van der Waals surface area contributed by atoms with Crippen molar-refractivity contribution >= 4 is 16.9 Å². The number of aryl methyl sites for hydroxylation is 1. The van der Waals surface area contributed by atoms with E-state index in [4.69, 9.17) is 4.74 Å². The molecule has 1 aromatic heterocycles. The Balaban J connectivity index is 2.50. The number of esters is 1. The van der Waals surface area contributed by atoms with Gasteiger partial charge in [-0.2, -0.15) is 0 Å². The first kappa shape index (κ1) is 13.6. The lowest BCUT2D eigenvalue weighted by atomic mass is 10.1. The highest BCUT2D eigenvalue weighted by molar-refractivity contribution is 5.84. The van der Waals surface area contributed by atoms with Crippen LogP contribution in [0.25, 0.3) is 10.9 Å². The minimum atomic E-state index is -0.227. The van der Waals surface area contributed by atoms with E-state index in [1.165, 1.54) is 18.1 Å². The Morgan fingerprint density at radius 1 is 1.37 bits per heavy atom. The fourth-order valence-electron chi connectivity index (χ4n) is 2.31. The largest absolute Gasteiger partial charge is 0.468 e. The third kappa shape index (κ3) is 2.79. The molecule has 0 amide bonds. The Morgan fingerprint density at radius 2 is 2.16 bits per heavy atom. The molecule has 0 spiro atoms. The summed E-state index contributed by atoms with van der Waals surface area (Å²) < 4.78 is 6.78. The highest BCUT2D eigenvalue weighted by Crippen LogP contribution is 2.22. The number of carbonyl (C=O) groups is 1. The van der Waals surface area contributed by atoms with Crippen molar-refractivity contribution in [3.05, 3.63) is 35.5 Å². The predicted molar refractivity (Wildman–Crippen MR) is 76.1 cm³/mol. The smallest absolute Gasteiger partial charge is 0.325 e. The van der Waals surface area contributed by atoms with Gasteiger partial charge in [0.1, 0.15) is 6.54 Å². The van der Waals surface area contributed by atoms with E-state index in [-0.39, 0.29) is 12.5 Å². The van der Waals surface area contributed by atoms with Gasteiger partial charge in [-0.3, -0.25) is 4.79 Å². The van der Waals surface area contributed by atoms with Gasteiger partial charge in [0.15, 0.2) is 0 Å². The van der Waals surface area contributed by atoms with Gasteiger partial charge in [0, 0.05) is 23.1 Å². The van der Waals surface area contributed by atoms with Crippen LogP contribution in [0.3, 0.4) is 0 Å². The zero-order valence-electron chi connectivity index (χ0n) is 11.7. The fourth-order valence-corrected chi connectivity index (χ4v) is 2.31. The molecular formula is C15H20N2O2. The number of carbonyl (C=O) groups excluding carboxylic acids is 1. The van der Waals surface area contributed by atoms with Crippen molar-refractivity contribution in [1.82, 2.24) is 9.88 Å². The topological polar surface area (TPSA) is 43.3 Å². The number of hydrogen-bond acceptors (Lipinski definition) is 3. The van der Waals surface area contributed by atoms with Crippen molar-refractivity contribution in [2.75, 3.05) is 14.2 Å². The van der Waals surface area contributed by atoms with Crippen LogP contribution in [0.4, 0.5) is 0 Å². The van der Waals surface area contributed by atoms with Gasteiger partial charge in [-0.25, -0.2) is 0 Å². The van der Waals surface area contributed by atoms with Gasteiger partial charge in [0.2, 0.25) is 0 Å². The Kier molecular flexibility index (Phi) is 4.22. The fraction of sp³-hybridized carbons (Fsp3) is 0.400. The number of benzene rings is 1. The van der Waals surface area contributed by atoms with Crippen molar-refractivity contribution in [1.29, 1.82) is 0 Å². The van der Waals surface area contributed by atoms with Crippen molar-refractivity contribution < 1.29 is 9.53 Å². The second kappa shape index (κ2) is 5.89. The molecule has 0 saturated heterocycles. The lowest BCUT2D eigenvalue weighted by Crippen LogP contribution is -2.16. The van der Waals surface area contributed by atoms with Gasteiger partial charge < -0.3 is 14.6 Å². The molecule has 1 N–H and O–H groups in total. The lowest BCUT2D eigenvalue weighted by Gasteiger charge is -2.09. The van der Waals surface area contributed by atoms with Crippen LogP contribution in [0.15, 0.2) is 24.3 Å². The molecule has 1 aromatic carbocycles. The highest BCUT2D eigenvalue weighted by atomic mass is 16.5. The summed E-state index contributed by atoms with van der Waals surface area (Å²) in [6.07, 6.45) is 1.01. The molecule has 102 valence electrons. The van der Waals surface area contributed by atoms with Gasteiger partial charge in [0.25, 0.3) is 0 Å². The van der Waals surface area contributed by atoms with Gasteiger partial charge >= 0.3 is 5.97 Å². The molecule has 0 aliphatic carbocycles. The van der Waals surface area contributed by atoms with Crippen molar-refractivity contribution in [2.24, 2.45) is 0 Å². The summed E-state index contributed by atoms with van der Waals surface area (Å²) in [5, 5.41) is 4.31. The zero-order valence-corrected chi connectivity index (χ0v) is 11.7. The van der Waals surface area contributed by atoms with E-state index >= 15 is 0 Å². The van der Waals surface area contributed by atoms with E-state index < -0.39 is 0 Å². The summed E-state index contributed by atoms with van der Waals surface area (Å²) in [6.45, 7) is 3.12. The number of aromatic nitrogens is 1. The molecule has 0 unspecified atom stereocenters. The minimum absolute atomic E-state index is 0.227. The first-order chi connectivity index (χ1) is 9.19. The van der Waals surface area contributed by atoms with Crippen LogP contribution in [0.5, 0.6) is 0 Å². The predicted octanol–water partition coefficient (Wildman–Crippen LogP) is 2.10. The summed E-state index contributed by atoms with van der Waals surface area (Å²) in [4.78, 5) is 11.5. The molecule has 0 radical (unpaired) electrons. The molecular weight excluding hydrogens is 240 g/mol. The SMILES string of the molecule is CCc1ccc2c(c1)cc(CNC)n2CC(=O)OC. The lowest BCUT2D eigenvalue weighted by molar-refractivity contribution is -0.141. The Bertz CT molecular complexity index is 587. The molecule has 0 bridgehead atoms. The van der Waals surface area contributed by atoms with Crippen molar-refractivity contribution in [2.45, 2.75) is 26.4 Å². The molecule has 1 heterocycles. The number of nitrogens with zero attached hydrogens (tertiary/aromatic N) is 1. The van der Waals surface area contributed by atoms with Crippen molar-refractivity contribution in [3.8, 4) is 0 Å². The van der Waals surface area contributed by atoms with Gasteiger partial charge in [-0.05, 0) is 37.2 Å². The monoisotopic (exact) mass is 260 g/mol. The summed E-state index contributed by atoms with van der Waals surface area (Å²) in [5.74, 6) is -0.227. The molecule has 0 atom stereocenters. The summed E-state index contributed by atoms with van der Waals surface area (Å²) >= 11 is 0. The number of ether oxygens (including phenoxy) is 1. The molecule has 0 aliphatic rings. The summed E-state index contributed by atoms with van der Waals surface area (Å²) in [7, 11) is 3.32. The Morgan fingerprint density at radius 3 is 2.79 bits per heavy atom. The third-order valence-electron chi connectivity index (χ3n) is 3.33. The molecule has 0 aliphatic heterocycles. The van der Waals surface area contributed by atoms with E-state index in [9.17, 15) is 4.79 Å². The average Bonchev–Trinajstić information content (AvgIpc) is 2.76. The molecule has 19 heavy (non-hydrogen) atoms. The van der Waals surface area contributed by atoms with Crippen LogP contribution in [-0.2, 0) is 29.0 Å². The molecule has 4 heteroatoms. The third-order valence-corrected chi connectivity index (χ3v) is 3.33. The second-order valence-electron chi connectivity index (χ2n) is 4.58. The average molecular weight is 260 g/mol. The number of rotatable bonds is 5. The first-order valence-corrected chi connectivity index (χ1v) is 6.52. The Hall–Kier alpha value is -1.81. The number of fused-ring (bicyclic) bond motifs is 1. The second-order valence-corrected chi connectivity index (χ2v) is 4.58. The molecule has 2 rings (SSSR count). The normalized spacial score (nSPS) is 10.9. The summed E-state index contributed by atoms with van der Waals surface area (Å²) in [5.41, 5.74) is 3.47. The van der Waals surface area contributed by atoms with E-state index in [0.717, 1.165) is 24.2 Å². The van der Waals surface area contributed by atoms with Crippen molar-refractivity contribution in [3.63, 3.8) is 0 Å². The minimum Gasteiger partial charge on any atom is -0.468 e. The standard InChI is InChI=1S/C15H20N2O2/c1-4-11-5-6-14-12(7-11)8-13(9-16-2)17(14)10-15(18)19-3/h5-8,16H,4,9-10H2,1-3H3. The number of hydrogen-bond donors (Lipinski definition) is 1. The van der Waals surface area contributed by atoms with E-state index in [1.54, 1.807) is 0 Å². The van der Waals surface area contributed by atoms with E-state index in [2.05, 4.69) is 36.5 Å². The number of methoxy groups -OCH3 is 1. The molecule has 0 saturated carbocycles. The van der Waals surface area contributed by atoms with Crippen LogP contribution in [0.1, 0.15) is 18.2 Å². The molecule has 4 nitrogen and oxygen atoms in total. The highest BCUT2D eigenvalue weighted by Gasteiger charge is 2.12. The van der Waals surface area contributed by atoms with Crippen LogP contribution >= 0.6 is 0 Å². The first-order valence-electron chi connectivity index (χ1n) is 6.52. The van der Waals surface area contributed by atoms with Crippen LogP contribution < -0.4 is 5.32 Å². The maximum absolute atomic E-state index is 11.5. The molecule has 2 aromatic rings. The van der Waals surface area contributed by atoms with Crippen LogP contribution in [-0.4, -0.2) is 24.7 Å². The quantitative estimate of drug-likeness (QED) is 0.837.